The summed E-state index contributed by atoms with van der Waals surface area (Å²) in [6.07, 6.45) is 10.6. The van der Waals surface area contributed by atoms with E-state index in [2.05, 4.69) is 6.92 Å². The first-order chi connectivity index (χ1) is 12.1. The fraction of sp³-hybridized carbons (Fsp3) is 1.00. The van der Waals surface area contributed by atoms with Crippen LogP contribution in [0.4, 0.5) is 0 Å². The summed E-state index contributed by atoms with van der Waals surface area (Å²) < 4.78 is 10.9. The Hall–Kier alpha value is -0.200. The van der Waals surface area contributed by atoms with Crippen molar-refractivity contribution in [3.63, 3.8) is 0 Å². The van der Waals surface area contributed by atoms with Gasteiger partial charge >= 0.3 is 0 Å². The number of ether oxygens (including phenoxy) is 2. The van der Waals surface area contributed by atoms with Crippen molar-refractivity contribution in [3.8, 4) is 0 Å². The van der Waals surface area contributed by atoms with E-state index in [0.717, 1.165) is 12.8 Å². The second-order valence-corrected chi connectivity index (χ2v) is 7.44. The van der Waals surface area contributed by atoms with E-state index >= 15 is 0 Å². The van der Waals surface area contributed by atoms with Gasteiger partial charge in [-0.05, 0) is 13.3 Å². The van der Waals surface area contributed by atoms with Gasteiger partial charge in [0.2, 0.25) is 0 Å². The van der Waals surface area contributed by atoms with Crippen LogP contribution in [0.15, 0.2) is 0 Å². The SMILES string of the molecule is CCCCCCCCCCCCCCOC1O[C@H](C)[C@@H](O)[C@H](O)[C@@H]1O. The first-order valence-electron chi connectivity index (χ1n) is 10.4. The summed E-state index contributed by atoms with van der Waals surface area (Å²) in [6.45, 7) is 4.43. The summed E-state index contributed by atoms with van der Waals surface area (Å²) >= 11 is 0. The number of hydrogen-bond donors (Lipinski definition) is 3. The van der Waals surface area contributed by atoms with Crippen LogP contribution in [0.25, 0.3) is 0 Å². The molecule has 5 nitrogen and oxygen atoms in total. The van der Waals surface area contributed by atoms with Crippen LogP contribution in [0, 0.1) is 0 Å². The zero-order valence-electron chi connectivity index (χ0n) is 16.2. The Kier molecular flexibility index (Phi) is 12.7. The Bertz CT molecular complexity index is 312. The van der Waals surface area contributed by atoms with Gasteiger partial charge in [-0.15, -0.1) is 0 Å². The maximum atomic E-state index is 9.86. The van der Waals surface area contributed by atoms with Crippen LogP contribution in [-0.2, 0) is 9.47 Å². The molecule has 0 spiro atoms. The highest BCUT2D eigenvalue weighted by atomic mass is 16.7. The van der Waals surface area contributed by atoms with Gasteiger partial charge in [0.15, 0.2) is 6.29 Å². The molecule has 150 valence electrons. The van der Waals surface area contributed by atoms with Crippen molar-refractivity contribution in [2.45, 2.75) is 122 Å². The summed E-state index contributed by atoms with van der Waals surface area (Å²) in [5, 5.41) is 29.2. The van der Waals surface area contributed by atoms with Gasteiger partial charge in [0, 0.05) is 6.61 Å². The molecule has 0 radical (unpaired) electrons. The van der Waals surface area contributed by atoms with Gasteiger partial charge in [-0.3, -0.25) is 0 Å². The second-order valence-electron chi connectivity index (χ2n) is 7.44. The van der Waals surface area contributed by atoms with Crippen LogP contribution >= 0.6 is 0 Å². The molecule has 5 heteroatoms. The predicted molar refractivity (Wildman–Crippen MR) is 99.4 cm³/mol. The van der Waals surface area contributed by atoms with Crippen LogP contribution < -0.4 is 0 Å². The zero-order valence-corrected chi connectivity index (χ0v) is 16.2. The highest BCUT2D eigenvalue weighted by Crippen LogP contribution is 2.22. The fourth-order valence-electron chi connectivity index (χ4n) is 3.29. The quantitative estimate of drug-likeness (QED) is 0.413. The van der Waals surface area contributed by atoms with E-state index in [9.17, 15) is 15.3 Å². The van der Waals surface area contributed by atoms with Crippen molar-refractivity contribution in [2.75, 3.05) is 6.61 Å². The fourth-order valence-corrected chi connectivity index (χ4v) is 3.29. The number of aliphatic hydroxyl groups is 3. The first-order valence-corrected chi connectivity index (χ1v) is 10.4. The summed E-state index contributed by atoms with van der Waals surface area (Å²) in [4.78, 5) is 0. The van der Waals surface area contributed by atoms with E-state index in [-0.39, 0.29) is 0 Å². The molecule has 1 aliphatic rings. The third kappa shape index (κ3) is 9.34. The Morgan fingerprint density at radius 3 is 1.68 bits per heavy atom. The van der Waals surface area contributed by atoms with E-state index in [1.807, 2.05) is 0 Å². The molecule has 1 saturated heterocycles. The lowest BCUT2D eigenvalue weighted by Crippen LogP contribution is -2.57. The van der Waals surface area contributed by atoms with Gasteiger partial charge in [0.25, 0.3) is 0 Å². The monoisotopic (exact) mass is 360 g/mol. The lowest BCUT2D eigenvalue weighted by atomic mass is 10.00. The van der Waals surface area contributed by atoms with E-state index in [0.29, 0.717) is 6.61 Å². The van der Waals surface area contributed by atoms with Crippen LogP contribution in [0.5, 0.6) is 0 Å². The summed E-state index contributed by atoms with van der Waals surface area (Å²) in [6, 6.07) is 0. The van der Waals surface area contributed by atoms with Crippen molar-refractivity contribution in [1.82, 2.24) is 0 Å². The lowest BCUT2D eigenvalue weighted by molar-refractivity contribution is -0.293. The van der Waals surface area contributed by atoms with Crippen LogP contribution in [0.1, 0.15) is 90.9 Å². The number of rotatable bonds is 14. The third-order valence-electron chi connectivity index (χ3n) is 5.09. The summed E-state index contributed by atoms with van der Waals surface area (Å²) in [7, 11) is 0. The summed E-state index contributed by atoms with van der Waals surface area (Å²) in [5.41, 5.74) is 0. The molecule has 0 bridgehead atoms. The molecule has 0 amide bonds. The van der Waals surface area contributed by atoms with Gasteiger partial charge in [0.1, 0.15) is 18.3 Å². The Labute approximate surface area is 153 Å². The minimum atomic E-state index is -1.21. The highest BCUT2D eigenvalue weighted by molar-refractivity contribution is 4.87. The molecular formula is C20H40O5. The Balaban J connectivity index is 1.90. The predicted octanol–water partition coefficient (Wildman–Crippen LogP) is 3.53. The van der Waals surface area contributed by atoms with Gasteiger partial charge in [-0.25, -0.2) is 0 Å². The molecule has 0 aliphatic carbocycles. The molecule has 0 saturated carbocycles. The van der Waals surface area contributed by atoms with Crippen LogP contribution in [0.3, 0.4) is 0 Å². The van der Waals surface area contributed by atoms with Gasteiger partial charge in [0.05, 0.1) is 6.10 Å². The van der Waals surface area contributed by atoms with Crippen molar-refractivity contribution >= 4 is 0 Å². The molecule has 5 atom stereocenters. The molecule has 25 heavy (non-hydrogen) atoms. The largest absolute Gasteiger partial charge is 0.388 e. The molecule has 1 fully saturated rings. The van der Waals surface area contributed by atoms with E-state index in [1.54, 1.807) is 6.92 Å². The van der Waals surface area contributed by atoms with Crippen molar-refractivity contribution in [1.29, 1.82) is 0 Å². The average molecular weight is 361 g/mol. The second kappa shape index (κ2) is 13.9. The number of aliphatic hydroxyl groups excluding tert-OH is 3. The third-order valence-corrected chi connectivity index (χ3v) is 5.09. The standard InChI is InChI=1S/C20H40O5/c1-3-4-5-6-7-8-9-10-11-12-13-14-15-24-20-19(23)18(22)17(21)16(2)25-20/h16-23H,3-15H2,1-2H3/t16-,17-,18+,19+,20?/m1/s1. The Morgan fingerprint density at radius 1 is 0.680 bits per heavy atom. The zero-order chi connectivity index (χ0) is 18.5. The first kappa shape index (κ1) is 22.8. The molecular weight excluding hydrogens is 320 g/mol. The van der Waals surface area contributed by atoms with Gasteiger partial charge < -0.3 is 24.8 Å². The van der Waals surface area contributed by atoms with E-state index in [4.69, 9.17) is 9.47 Å². The van der Waals surface area contributed by atoms with Crippen LogP contribution in [-0.4, -0.2) is 52.6 Å². The van der Waals surface area contributed by atoms with Gasteiger partial charge in [-0.1, -0.05) is 77.6 Å². The highest BCUT2D eigenvalue weighted by Gasteiger charge is 2.42. The minimum Gasteiger partial charge on any atom is -0.388 e. The van der Waals surface area contributed by atoms with E-state index < -0.39 is 30.7 Å². The Morgan fingerprint density at radius 2 is 1.16 bits per heavy atom. The number of hydrogen-bond acceptors (Lipinski definition) is 5. The molecule has 1 unspecified atom stereocenters. The molecule has 0 aromatic heterocycles. The molecule has 3 N–H and O–H groups in total. The molecule has 1 rings (SSSR count). The smallest absolute Gasteiger partial charge is 0.186 e. The molecule has 1 heterocycles. The van der Waals surface area contributed by atoms with E-state index in [1.165, 1.54) is 64.2 Å². The lowest BCUT2D eigenvalue weighted by Gasteiger charge is -2.38. The molecule has 1 aliphatic heterocycles. The maximum Gasteiger partial charge on any atom is 0.186 e. The normalized spacial score (nSPS) is 29.9. The van der Waals surface area contributed by atoms with Gasteiger partial charge in [-0.2, -0.15) is 0 Å². The van der Waals surface area contributed by atoms with Crippen LogP contribution in [0.2, 0.25) is 0 Å². The maximum absolute atomic E-state index is 9.86. The molecule has 0 aromatic carbocycles. The van der Waals surface area contributed by atoms with Crippen molar-refractivity contribution in [3.05, 3.63) is 0 Å². The minimum absolute atomic E-state index is 0.509. The van der Waals surface area contributed by atoms with Crippen molar-refractivity contribution in [2.24, 2.45) is 0 Å². The number of unbranched alkanes of at least 4 members (excludes halogenated alkanes) is 11. The average Bonchev–Trinajstić information content (AvgIpc) is 2.61. The van der Waals surface area contributed by atoms with Crippen molar-refractivity contribution < 1.29 is 24.8 Å². The summed E-state index contributed by atoms with van der Waals surface area (Å²) in [5.74, 6) is 0. The topological polar surface area (TPSA) is 79.2 Å². The molecule has 0 aromatic rings.